The number of carbonyl (C=O) groups is 2. The van der Waals surface area contributed by atoms with Crippen LogP contribution < -0.4 is 0 Å². The van der Waals surface area contributed by atoms with Crippen molar-refractivity contribution in [2.24, 2.45) is 11.8 Å². The summed E-state index contributed by atoms with van der Waals surface area (Å²) in [5, 5.41) is 0.00712. The van der Waals surface area contributed by atoms with Gasteiger partial charge in [0, 0.05) is 73.4 Å². The number of halogens is 1. The summed E-state index contributed by atoms with van der Waals surface area (Å²) < 4.78 is 101. The first-order chi connectivity index (χ1) is 38.5. The highest BCUT2D eigenvalue weighted by atomic mass is 127. The quantitative estimate of drug-likeness (QED) is 0.0281. The van der Waals surface area contributed by atoms with Crippen LogP contribution in [-0.2, 0) is 86.3 Å². The fourth-order valence-corrected chi connectivity index (χ4v) is 20.8. The topological polar surface area (TPSA) is 173 Å². The van der Waals surface area contributed by atoms with Gasteiger partial charge in [-0.1, -0.05) is 129 Å². The Morgan fingerprint density at radius 2 is 1.38 bits per heavy atom. The first kappa shape index (κ1) is 73.5. The molecule has 0 saturated carbocycles. The third-order valence-electron chi connectivity index (χ3n) is 18.9. The van der Waals surface area contributed by atoms with E-state index in [2.05, 4.69) is 112 Å². The summed E-state index contributed by atoms with van der Waals surface area (Å²) >= 11 is 2.46. The van der Waals surface area contributed by atoms with Gasteiger partial charge in [-0.25, -0.2) is 0 Å². The number of benzene rings is 1. The Balaban J connectivity index is 1.78. The number of hydrogen-bond donors (Lipinski definition) is 0. The summed E-state index contributed by atoms with van der Waals surface area (Å²) in [6.45, 7) is 38.3. The Morgan fingerprint density at radius 1 is 0.780 bits per heavy atom. The van der Waals surface area contributed by atoms with Gasteiger partial charge in [0.1, 0.15) is 12.2 Å². The molecular formula is C61H111IO17Si3. The van der Waals surface area contributed by atoms with Gasteiger partial charge in [-0.3, -0.25) is 9.59 Å². The molecule has 0 spiro atoms. The lowest BCUT2D eigenvalue weighted by Gasteiger charge is -2.56. The van der Waals surface area contributed by atoms with Crippen LogP contribution in [-0.4, -0.2) is 174 Å². The molecule has 3 aliphatic heterocycles. The Bertz CT molecular complexity index is 2030. The van der Waals surface area contributed by atoms with Crippen LogP contribution >= 0.6 is 22.6 Å². The number of rotatable bonds is 33. The average molecular weight is 1330 g/mol. The van der Waals surface area contributed by atoms with Gasteiger partial charge in [-0.2, -0.15) is 0 Å². The van der Waals surface area contributed by atoms with Gasteiger partial charge in [-0.15, -0.1) is 0 Å². The molecule has 3 fully saturated rings. The Morgan fingerprint density at radius 3 is 1.89 bits per heavy atom. The molecule has 3 heterocycles. The van der Waals surface area contributed by atoms with Gasteiger partial charge in [0.25, 0.3) is 0 Å². The Labute approximate surface area is 511 Å². The first-order valence-electron chi connectivity index (χ1n) is 30.6. The van der Waals surface area contributed by atoms with Gasteiger partial charge < -0.3 is 70.1 Å². The molecule has 3 aliphatic rings. The predicted octanol–water partition coefficient (Wildman–Crippen LogP) is 12.6. The summed E-state index contributed by atoms with van der Waals surface area (Å²) in [5.74, 6) is -3.69. The van der Waals surface area contributed by atoms with E-state index >= 15 is 0 Å². The minimum atomic E-state index is -2.36. The molecule has 3 saturated heterocycles. The number of ether oxygens (including phenoxy) is 12. The molecule has 0 amide bonds. The van der Waals surface area contributed by atoms with Crippen molar-refractivity contribution < 1.29 is 79.7 Å². The zero-order valence-electron chi connectivity index (χ0n) is 54.4. The fourth-order valence-electron chi connectivity index (χ4n) is 12.3. The normalized spacial score (nSPS) is 31.9. The third-order valence-corrected chi connectivity index (χ3v) is 34.6. The number of hydrogen-bond acceptors (Lipinski definition) is 17. The zero-order valence-corrected chi connectivity index (χ0v) is 59.6. The molecule has 1 aromatic rings. The molecule has 0 bridgehead atoms. The third kappa shape index (κ3) is 18.1. The van der Waals surface area contributed by atoms with Gasteiger partial charge >= 0.3 is 11.9 Å². The van der Waals surface area contributed by atoms with Gasteiger partial charge in [0.15, 0.2) is 43.6 Å². The van der Waals surface area contributed by atoms with E-state index in [0.29, 0.717) is 19.4 Å². The highest BCUT2D eigenvalue weighted by Crippen LogP contribution is 2.50. The van der Waals surface area contributed by atoms with Crippen molar-refractivity contribution in [3.63, 3.8) is 0 Å². The van der Waals surface area contributed by atoms with E-state index in [4.69, 9.17) is 70.1 Å². The SMILES string of the molecule is CC[Si](CC)(CC)O[C@H]1[C@@H](C)[C@@H](C[C@H](COC)O[C@@H]2O[C@@H](C)[C@H](O[C@H]3C[C@@H](OC)[C@H](O[Si](C)(C)C(C)(C)C)[C@@H](C)O3)[C@@](C)(O[Si](CC)(CC)CC)[C@H]2I)O[C@@](OC)([C@H](OC(C)=O)[C@H](C[C@@H](COCc2ccccc2)OC)OC(C)=O)[C@@H]1C. The van der Waals surface area contributed by atoms with E-state index in [-0.39, 0.29) is 52.8 Å². The smallest absolute Gasteiger partial charge is 0.303 e. The predicted molar refractivity (Wildman–Crippen MR) is 335 cm³/mol. The lowest BCUT2D eigenvalue weighted by molar-refractivity contribution is -0.372. The van der Waals surface area contributed by atoms with E-state index in [1.807, 2.05) is 51.1 Å². The molecule has 21 heteroatoms. The highest BCUT2D eigenvalue weighted by Gasteiger charge is 2.63. The second-order valence-corrected chi connectivity index (χ2v) is 40.6. The molecule has 82 heavy (non-hydrogen) atoms. The zero-order chi connectivity index (χ0) is 61.6. The Kier molecular flexibility index (Phi) is 29.1. The van der Waals surface area contributed by atoms with Gasteiger partial charge in [0.2, 0.25) is 5.79 Å². The van der Waals surface area contributed by atoms with Crippen molar-refractivity contribution in [1.29, 1.82) is 0 Å². The Hall–Kier alpha value is -0.979. The molecule has 17 nitrogen and oxygen atoms in total. The molecule has 0 N–H and O–H groups in total. The number of methoxy groups -OCH3 is 4. The standard InChI is InChI=1S/C61H111IO17Si3/c1-23-81(24-2,25-3)78-53-40(7)49(76-61(68-20,41(53)8)57(73-45(12)64)51(72-44(11)63)34-47(66-18)39-69-37-46-32-30-29-31-33-46)35-48(38-65-17)74-58-55(62)60(16,79-82(26-4,27-5)28-6)56(43(10)71-58)75-52-36-50(67-19)54(42(9)70-52)77-80(21,22)59(13,14)15/h29-33,40-43,47-58H,23-28,34-39H2,1-22H3/t40-,41+,42+,43-,47-,48+,49+,50+,51-,52-,53-,54+,55-,56-,57+,58-,60-,61+/m0/s1. The van der Waals surface area contributed by atoms with E-state index in [0.717, 1.165) is 41.8 Å². The van der Waals surface area contributed by atoms with Crippen LogP contribution in [0, 0.1) is 11.8 Å². The highest BCUT2D eigenvalue weighted by molar-refractivity contribution is 14.1. The largest absolute Gasteiger partial charge is 0.458 e. The maximum atomic E-state index is 13.5. The summed E-state index contributed by atoms with van der Waals surface area (Å²) in [6, 6.07) is 15.3. The number of carbonyl (C=O) groups excluding carboxylic acids is 2. The molecular weight excluding hydrogens is 1220 g/mol. The maximum absolute atomic E-state index is 13.5. The first-order valence-corrected chi connectivity index (χ1v) is 39.8. The molecule has 4 rings (SSSR count). The summed E-state index contributed by atoms with van der Waals surface area (Å²) in [4.78, 5) is 26.7. The summed E-state index contributed by atoms with van der Waals surface area (Å²) in [6.07, 6.45) is -7.10. The van der Waals surface area contributed by atoms with Crippen LogP contribution in [0.5, 0.6) is 0 Å². The van der Waals surface area contributed by atoms with Crippen molar-refractivity contribution in [3.05, 3.63) is 35.9 Å². The van der Waals surface area contributed by atoms with E-state index < -0.39 is 116 Å². The lowest BCUT2D eigenvalue weighted by Crippen LogP contribution is -2.69. The van der Waals surface area contributed by atoms with Crippen LogP contribution in [0.4, 0.5) is 0 Å². The van der Waals surface area contributed by atoms with Crippen molar-refractivity contribution in [1.82, 2.24) is 0 Å². The molecule has 18 atom stereocenters. The van der Waals surface area contributed by atoms with Crippen LogP contribution in [0.2, 0.25) is 54.4 Å². The van der Waals surface area contributed by atoms with Crippen LogP contribution in [0.3, 0.4) is 0 Å². The van der Waals surface area contributed by atoms with Crippen LogP contribution in [0.15, 0.2) is 30.3 Å². The van der Waals surface area contributed by atoms with Crippen LogP contribution in [0.1, 0.15) is 136 Å². The van der Waals surface area contributed by atoms with E-state index in [1.165, 1.54) is 13.8 Å². The maximum Gasteiger partial charge on any atom is 0.303 e. The van der Waals surface area contributed by atoms with Crippen molar-refractivity contribution in [3.8, 4) is 0 Å². The summed E-state index contributed by atoms with van der Waals surface area (Å²) in [7, 11) is -0.357. The van der Waals surface area contributed by atoms with E-state index in [1.54, 1.807) is 28.4 Å². The van der Waals surface area contributed by atoms with Crippen LogP contribution in [0.25, 0.3) is 0 Å². The molecule has 1 aromatic carbocycles. The van der Waals surface area contributed by atoms with Gasteiger partial charge in [-0.05, 0) is 80.7 Å². The monoisotopic (exact) mass is 1330 g/mol. The minimum absolute atomic E-state index is 0.00712. The summed E-state index contributed by atoms with van der Waals surface area (Å²) in [5.41, 5.74) is 0.0909. The van der Waals surface area contributed by atoms with Gasteiger partial charge in [0.05, 0.1) is 78.2 Å². The minimum Gasteiger partial charge on any atom is -0.458 e. The second kappa shape index (κ2) is 32.5. The lowest BCUT2D eigenvalue weighted by atomic mass is 9.76. The molecule has 0 radical (unpaired) electrons. The average Bonchev–Trinajstić information content (AvgIpc) is 2.20. The second-order valence-electron chi connectivity index (χ2n) is 25.1. The molecule has 0 aromatic heterocycles. The van der Waals surface area contributed by atoms with E-state index in [9.17, 15) is 9.59 Å². The number of esters is 2. The number of alkyl halides is 1. The molecule has 0 aliphatic carbocycles. The van der Waals surface area contributed by atoms with Crippen molar-refractivity contribution in [2.45, 2.75) is 286 Å². The molecule has 476 valence electrons. The van der Waals surface area contributed by atoms with Crippen molar-refractivity contribution >= 4 is 59.5 Å². The molecule has 0 unspecified atom stereocenters. The fraction of sp³-hybridized carbons (Fsp3) is 0.869. The van der Waals surface area contributed by atoms with Crippen molar-refractivity contribution in [2.75, 3.05) is 41.7 Å².